The molecule has 7 nitrogen and oxygen atoms in total. The van der Waals surface area contributed by atoms with Crippen LogP contribution in [0.2, 0.25) is 0 Å². The van der Waals surface area contributed by atoms with Crippen LogP contribution in [0.25, 0.3) is 0 Å². The van der Waals surface area contributed by atoms with Gasteiger partial charge in [0, 0.05) is 11.5 Å². The Balaban J connectivity index is 1.95. The molecule has 2 rings (SSSR count). The lowest BCUT2D eigenvalue weighted by Gasteiger charge is -2.21. The zero-order valence-corrected chi connectivity index (χ0v) is 14.1. The molecule has 23 heavy (non-hydrogen) atoms. The third kappa shape index (κ3) is 4.92. The molecule has 1 aliphatic carbocycles. The van der Waals surface area contributed by atoms with E-state index in [1.54, 1.807) is 0 Å². The lowest BCUT2D eigenvalue weighted by molar-refractivity contribution is -0.146. The Labute approximate surface area is 136 Å². The molecule has 0 radical (unpaired) electrons. The van der Waals surface area contributed by atoms with Crippen LogP contribution in [0.15, 0.2) is 0 Å². The minimum absolute atomic E-state index is 0.0968. The number of carbonyl (C=O) groups is 3. The molecule has 2 fully saturated rings. The Bertz CT molecular complexity index is 488. The Morgan fingerprint density at radius 2 is 2.04 bits per heavy atom. The lowest BCUT2D eigenvalue weighted by atomic mass is 9.91. The predicted octanol–water partition coefficient (Wildman–Crippen LogP) is 0.0764. The van der Waals surface area contributed by atoms with Crippen LogP contribution in [-0.4, -0.2) is 42.5 Å². The van der Waals surface area contributed by atoms with Crippen molar-refractivity contribution >= 4 is 17.8 Å². The highest BCUT2D eigenvalue weighted by Gasteiger charge is 2.40. The zero-order chi connectivity index (χ0) is 17.2. The SMILES string of the molecule is COC(=O)C(CC1CC(C)(C)NC1=O)NC(=O)C(N)CC1CC1. The Morgan fingerprint density at radius 1 is 1.39 bits per heavy atom. The van der Waals surface area contributed by atoms with Crippen LogP contribution in [0, 0.1) is 11.8 Å². The quantitative estimate of drug-likeness (QED) is 0.574. The maximum atomic E-state index is 12.2. The summed E-state index contributed by atoms with van der Waals surface area (Å²) >= 11 is 0. The second-order valence-electron chi connectivity index (χ2n) is 7.38. The van der Waals surface area contributed by atoms with Gasteiger partial charge in [-0.2, -0.15) is 0 Å². The van der Waals surface area contributed by atoms with Gasteiger partial charge in [-0.1, -0.05) is 12.8 Å². The standard InChI is InChI=1S/C16H27N3O4/c1-16(2)8-10(13(20)19-16)7-12(15(22)23-3)18-14(21)11(17)6-9-4-5-9/h9-12H,4-8,17H2,1-3H3,(H,18,21)(H,19,20). The number of methoxy groups -OCH3 is 1. The molecule has 130 valence electrons. The Hall–Kier alpha value is -1.63. The Kier molecular flexibility index (Phi) is 5.29. The van der Waals surface area contributed by atoms with Crippen molar-refractivity contribution in [3.8, 4) is 0 Å². The van der Waals surface area contributed by atoms with Gasteiger partial charge < -0.3 is 21.1 Å². The molecular formula is C16H27N3O4. The maximum absolute atomic E-state index is 12.2. The van der Waals surface area contributed by atoms with E-state index in [1.807, 2.05) is 13.8 Å². The van der Waals surface area contributed by atoms with Crippen molar-refractivity contribution in [3.63, 3.8) is 0 Å². The maximum Gasteiger partial charge on any atom is 0.328 e. The molecule has 0 spiro atoms. The zero-order valence-electron chi connectivity index (χ0n) is 14.1. The minimum Gasteiger partial charge on any atom is -0.467 e. The average Bonchev–Trinajstić information content (AvgIpc) is 3.23. The van der Waals surface area contributed by atoms with E-state index in [4.69, 9.17) is 10.5 Å². The van der Waals surface area contributed by atoms with Gasteiger partial charge in [-0.3, -0.25) is 9.59 Å². The number of hydrogen-bond acceptors (Lipinski definition) is 5. The van der Waals surface area contributed by atoms with Gasteiger partial charge >= 0.3 is 5.97 Å². The third-order valence-corrected chi connectivity index (χ3v) is 4.53. The molecule has 4 N–H and O–H groups in total. The lowest BCUT2D eigenvalue weighted by Crippen LogP contribution is -2.49. The van der Waals surface area contributed by atoms with E-state index >= 15 is 0 Å². The van der Waals surface area contributed by atoms with Crippen molar-refractivity contribution in [1.82, 2.24) is 10.6 Å². The molecule has 1 heterocycles. The summed E-state index contributed by atoms with van der Waals surface area (Å²) < 4.78 is 4.76. The largest absolute Gasteiger partial charge is 0.467 e. The second-order valence-corrected chi connectivity index (χ2v) is 7.38. The second kappa shape index (κ2) is 6.86. The van der Waals surface area contributed by atoms with Crippen LogP contribution in [-0.2, 0) is 19.1 Å². The minimum atomic E-state index is -0.845. The molecule has 1 saturated heterocycles. The highest BCUT2D eigenvalue weighted by molar-refractivity contribution is 5.88. The monoisotopic (exact) mass is 325 g/mol. The molecule has 1 saturated carbocycles. The van der Waals surface area contributed by atoms with Gasteiger partial charge in [0.1, 0.15) is 6.04 Å². The first-order chi connectivity index (χ1) is 10.7. The topological polar surface area (TPSA) is 111 Å². The Morgan fingerprint density at radius 3 is 2.52 bits per heavy atom. The van der Waals surface area contributed by atoms with Crippen molar-refractivity contribution in [2.24, 2.45) is 17.6 Å². The van der Waals surface area contributed by atoms with Crippen molar-refractivity contribution < 1.29 is 19.1 Å². The molecular weight excluding hydrogens is 298 g/mol. The van der Waals surface area contributed by atoms with E-state index in [0.29, 0.717) is 18.8 Å². The van der Waals surface area contributed by atoms with Crippen LogP contribution in [0.3, 0.4) is 0 Å². The van der Waals surface area contributed by atoms with Gasteiger partial charge in [0.2, 0.25) is 11.8 Å². The summed E-state index contributed by atoms with van der Waals surface area (Å²) in [5, 5.41) is 5.54. The van der Waals surface area contributed by atoms with Gasteiger partial charge in [-0.15, -0.1) is 0 Å². The fourth-order valence-electron chi connectivity index (χ4n) is 3.12. The van der Waals surface area contributed by atoms with Gasteiger partial charge in [-0.05, 0) is 39.0 Å². The van der Waals surface area contributed by atoms with Gasteiger partial charge in [0.15, 0.2) is 0 Å². The number of nitrogens with two attached hydrogens (primary N) is 1. The van der Waals surface area contributed by atoms with Crippen LogP contribution in [0.4, 0.5) is 0 Å². The fourth-order valence-corrected chi connectivity index (χ4v) is 3.12. The summed E-state index contributed by atoms with van der Waals surface area (Å²) in [5.41, 5.74) is 5.59. The molecule has 0 bridgehead atoms. The van der Waals surface area contributed by atoms with Crippen molar-refractivity contribution in [2.45, 2.75) is 63.6 Å². The van der Waals surface area contributed by atoms with Gasteiger partial charge in [-0.25, -0.2) is 4.79 Å². The number of nitrogens with one attached hydrogen (secondary N) is 2. The molecule has 0 aromatic carbocycles. The molecule has 3 unspecified atom stereocenters. The number of amides is 2. The summed E-state index contributed by atoms with van der Waals surface area (Å²) in [7, 11) is 1.27. The van der Waals surface area contributed by atoms with E-state index in [9.17, 15) is 14.4 Å². The van der Waals surface area contributed by atoms with Gasteiger partial charge in [0.25, 0.3) is 0 Å². The van der Waals surface area contributed by atoms with Crippen LogP contribution in [0.5, 0.6) is 0 Å². The number of rotatable bonds is 7. The number of esters is 1. The van der Waals surface area contributed by atoms with Crippen molar-refractivity contribution in [1.29, 1.82) is 0 Å². The average molecular weight is 325 g/mol. The highest BCUT2D eigenvalue weighted by Crippen LogP contribution is 2.33. The first-order valence-electron chi connectivity index (χ1n) is 8.17. The molecule has 0 aromatic rings. The third-order valence-electron chi connectivity index (χ3n) is 4.53. The highest BCUT2D eigenvalue weighted by atomic mass is 16.5. The molecule has 2 aliphatic rings. The van der Waals surface area contributed by atoms with E-state index in [1.165, 1.54) is 7.11 Å². The van der Waals surface area contributed by atoms with E-state index in [-0.39, 0.29) is 29.7 Å². The number of carbonyl (C=O) groups excluding carboxylic acids is 3. The number of hydrogen-bond donors (Lipinski definition) is 3. The summed E-state index contributed by atoms with van der Waals surface area (Å²) in [4.78, 5) is 36.1. The normalized spacial score (nSPS) is 25.4. The van der Waals surface area contributed by atoms with Crippen molar-refractivity contribution in [3.05, 3.63) is 0 Å². The first kappa shape index (κ1) is 17.7. The molecule has 3 atom stereocenters. The molecule has 7 heteroatoms. The predicted molar refractivity (Wildman–Crippen MR) is 84.2 cm³/mol. The van der Waals surface area contributed by atoms with Crippen LogP contribution in [0.1, 0.15) is 46.0 Å². The first-order valence-corrected chi connectivity index (χ1v) is 8.17. The van der Waals surface area contributed by atoms with E-state index in [2.05, 4.69) is 10.6 Å². The summed E-state index contributed by atoms with van der Waals surface area (Å²) in [5.74, 6) is -0.803. The van der Waals surface area contributed by atoms with Gasteiger partial charge in [0.05, 0.1) is 13.2 Å². The summed E-state index contributed by atoms with van der Waals surface area (Å²) in [6.45, 7) is 3.87. The molecule has 2 amide bonds. The number of ether oxygens (including phenoxy) is 1. The van der Waals surface area contributed by atoms with E-state index < -0.39 is 18.1 Å². The smallest absolute Gasteiger partial charge is 0.328 e. The van der Waals surface area contributed by atoms with Crippen LogP contribution < -0.4 is 16.4 Å². The molecule has 0 aromatic heterocycles. The van der Waals surface area contributed by atoms with Crippen LogP contribution >= 0.6 is 0 Å². The summed E-state index contributed by atoms with van der Waals surface area (Å²) in [6, 6.07) is -1.47. The summed E-state index contributed by atoms with van der Waals surface area (Å²) in [6.07, 6.45) is 3.70. The van der Waals surface area contributed by atoms with E-state index in [0.717, 1.165) is 12.8 Å². The fraction of sp³-hybridized carbons (Fsp3) is 0.812. The molecule has 1 aliphatic heterocycles. The van der Waals surface area contributed by atoms with Crippen molar-refractivity contribution in [2.75, 3.05) is 7.11 Å².